The number of halogens is 1. The Morgan fingerprint density at radius 3 is 2.44 bits per heavy atom. The number of nitrogens with zero attached hydrogens (tertiary/aromatic N) is 2. The van der Waals surface area contributed by atoms with E-state index in [2.05, 4.69) is 42.6 Å². The zero-order valence-corrected chi connectivity index (χ0v) is 19.6. The quantitative estimate of drug-likeness (QED) is 0.228. The number of rotatable bonds is 9. The maximum Gasteiger partial charge on any atom is 0.228 e. The summed E-state index contributed by atoms with van der Waals surface area (Å²) in [7, 11) is 0. The maximum absolute atomic E-state index is 12.3. The van der Waals surface area contributed by atoms with Gasteiger partial charge in [0.1, 0.15) is 22.7 Å². The van der Waals surface area contributed by atoms with E-state index >= 15 is 0 Å². The van der Waals surface area contributed by atoms with E-state index in [0.29, 0.717) is 11.6 Å². The van der Waals surface area contributed by atoms with Crippen LogP contribution in [0.2, 0.25) is 0 Å². The Hall–Kier alpha value is -3.71. The summed E-state index contributed by atoms with van der Waals surface area (Å²) in [6, 6.07) is 20.0. The predicted molar refractivity (Wildman–Crippen MR) is 135 cm³/mol. The van der Waals surface area contributed by atoms with E-state index in [1.165, 1.54) is 10.4 Å². The zero-order valence-electron chi connectivity index (χ0n) is 18.8. The lowest BCUT2D eigenvalue weighted by molar-refractivity contribution is 0.192. The average Bonchev–Trinajstić information content (AvgIpc) is 3.52. The van der Waals surface area contributed by atoms with Gasteiger partial charge in [0.25, 0.3) is 0 Å². The van der Waals surface area contributed by atoms with Crippen molar-refractivity contribution in [3.8, 4) is 28.3 Å². The van der Waals surface area contributed by atoms with Crippen LogP contribution in [-0.2, 0) is 6.42 Å². The van der Waals surface area contributed by atoms with Gasteiger partial charge in [-0.2, -0.15) is 0 Å². The van der Waals surface area contributed by atoms with Crippen molar-refractivity contribution in [1.82, 2.24) is 9.97 Å². The summed E-state index contributed by atoms with van der Waals surface area (Å²) in [6.45, 7) is 2.08. The number of aryl methyl sites for hydroxylation is 2. The third kappa shape index (κ3) is 4.94. The van der Waals surface area contributed by atoms with E-state index < -0.39 is 6.86 Å². The highest BCUT2D eigenvalue weighted by atomic mass is 32.1. The fourth-order valence-electron chi connectivity index (χ4n) is 3.87. The van der Waals surface area contributed by atoms with Crippen molar-refractivity contribution in [3.05, 3.63) is 83.6 Å². The van der Waals surface area contributed by atoms with E-state index in [-0.39, 0.29) is 0 Å². The van der Waals surface area contributed by atoms with Gasteiger partial charge < -0.3 is 14.5 Å². The molecule has 172 valence electrons. The Labute approximate surface area is 201 Å². The molecule has 7 heteroatoms. The Bertz CT molecular complexity index is 1360. The van der Waals surface area contributed by atoms with Crippen molar-refractivity contribution in [2.24, 2.45) is 0 Å². The smallest absolute Gasteiger partial charge is 0.228 e. The van der Waals surface area contributed by atoms with Gasteiger partial charge in [0.05, 0.1) is 17.2 Å². The molecule has 1 N–H and O–H groups in total. The fourth-order valence-corrected chi connectivity index (χ4v) is 4.75. The molecule has 5 rings (SSSR count). The van der Waals surface area contributed by atoms with Crippen LogP contribution in [0.25, 0.3) is 32.7 Å². The molecule has 34 heavy (non-hydrogen) atoms. The Balaban J connectivity index is 1.21. The minimum atomic E-state index is -0.816. The van der Waals surface area contributed by atoms with Crippen LogP contribution >= 0.6 is 11.3 Å². The van der Waals surface area contributed by atoms with Crippen LogP contribution in [-0.4, -0.2) is 23.4 Å². The number of ether oxygens (including phenoxy) is 1. The number of anilines is 1. The Morgan fingerprint density at radius 1 is 0.971 bits per heavy atom. The SMILES string of the molecule is Cc1cc2c(NCCCc3ccc(-c4ccc(OCF)cc4)cc3)nc(-c3ccoc3)nc2s1. The molecule has 0 fully saturated rings. The third-order valence-corrected chi connectivity index (χ3v) is 6.54. The first-order chi connectivity index (χ1) is 16.7. The van der Waals surface area contributed by atoms with Crippen LogP contribution in [0.5, 0.6) is 5.75 Å². The molecule has 3 aromatic heterocycles. The van der Waals surface area contributed by atoms with Crippen molar-refractivity contribution in [1.29, 1.82) is 0 Å². The van der Waals surface area contributed by atoms with Crippen LogP contribution in [0.1, 0.15) is 16.9 Å². The summed E-state index contributed by atoms with van der Waals surface area (Å²) >= 11 is 1.67. The minimum absolute atomic E-state index is 0.533. The summed E-state index contributed by atoms with van der Waals surface area (Å²) in [4.78, 5) is 11.7. The van der Waals surface area contributed by atoms with E-state index in [0.717, 1.165) is 52.1 Å². The summed E-state index contributed by atoms with van der Waals surface area (Å²) in [5, 5.41) is 4.57. The van der Waals surface area contributed by atoms with Crippen LogP contribution in [0.3, 0.4) is 0 Å². The first kappa shape index (κ1) is 22.1. The van der Waals surface area contributed by atoms with Crippen LogP contribution in [0.15, 0.2) is 77.6 Å². The van der Waals surface area contributed by atoms with Gasteiger partial charge in [0.15, 0.2) is 5.82 Å². The lowest BCUT2D eigenvalue weighted by Gasteiger charge is -2.09. The topological polar surface area (TPSA) is 60.2 Å². The van der Waals surface area contributed by atoms with E-state index in [1.54, 1.807) is 36.0 Å². The molecule has 3 heterocycles. The molecule has 0 atom stereocenters. The van der Waals surface area contributed by atoms with Gasteiger partial charge >= 0.3 is 0 Å². The van der Waals surface area contributed by atoms with Gasteiger partial charge in [0, 0.05) is 11.4 Å². The van der Waals surface area contributed by atoms with Crippen molar-refractivity contribution in [3.63, 3.8) is 0 Å². The van der Waals surface area contributed by atoms with Crippen molar-refractivity contribution in [2.75, 3.05) is 18.7 Å². The van der Waals surface area contributed by atoms with E-state index in [9.17, 15) is 4.39 Å². The van der Waals surface area contributed by atoms with E-state index in [4.69, 9.17) is 19.1 Å². The normalized spacial score (nSPS) is 11.1. The number of hydrogen-bond acceptors (Lipinski definition) is 6. The Kier molecular flexibility index (Phi) is 6.53. The van der Waals surface area contributed by atoms with Gasteiger partial charge in [-0.3, -0.25) is 0 Å². The minimum Gasteiger partial charge on any atom is -0.472 e. The molecule has 0 aliphatic heterocycles. The van der Waals surface area contributed by atoms with Crippen molar-refractivity contribution >= 4 is 27.4 Å². The molecule has 0 saturated carbocycles. The van der Waals surface area contributed by atoms with Gasteiger partial charge in [-0.25, -0.2) is 14.4 Å². The molecule has 0 unspecified atom stereocenters. The lowest BCUT2D eigenvalue weighted by atomic mass is 10.0. The molecule has 5 aromatic rings. The number of alkyl halides is 1. The van der Waals surface area contributed by atoms with Crippen LogP contribution in [0, 0.1) is 6.92 Å². The molecule has 5 nitrogen and oxygen atoms in total. The first-order valence-electron chi connectivity index (χ1n) is 11.1. The fraction of sp³-hybridized carbons (Fsp3) is 0.185. The van der Waals surface area contributed by atoms with Crippen molar-refractivity contribution < 1.29 is 13.5 Å². The van der Waals surface area contributed by atoms with Crippen LogP contribution < -0.4 is 10.1 Å². The summed E-state index contributed by atoms with van der Waals surface area (Å²) in [5.41, 5.74) is 4.35. The average molecular weight is 474 g/mol. The lowest BCUT2D eigenvalue weighted by Crippen LogP contribution is -2.06. The summed E-state index contributed by atoms with van der Waals surface area (Å²) in [6.07, 6.45) is 5.24. The number of thiophene rings is 1. The highest BCUT2D eigenvalue weighted by Gasteiger charge is 2.12. The van der Waals surface area contributed by atoms with Gasteiger partial charge in [-0.05, 0) is 60.7 Å². The molecule has 0 radical (unpaired) electrons. The van der Waals surface area contributed by atoms with Gasteiger partial charge in [-0.15, -0.1) is 11.3 Å². The monoisotopic (exact) mass is 473 g/mol. The van der Waals surface area contributed by atoms with Crippen LogP contribution in [0.4, 0.5) is 10.2 Å². The molecule has 0 amide bonds. The highest BCUT2D eigenvalue weighted by Crippen LogP contribution is 2.31. The number of aromatic nitrogens is 2. The number of benzene rings is 2. The zero-order chi connectivity index (χ0) is 23.3. The molecular formula is C27H24FN3O2S. The van der Waals surface area contributed by atoms with Gasteiger partial charge in [0.2, 0.25) is 6.86 Å². The second kappa shape index (κ2) is 10.1. The second-order valence-corrected chi connectivity index (χ2v) is 9.22. The highest BCUT2D eigenvalue weighted by molar-refractivity contribution is 7.18. The first-order valence-corrected chi connectivity index (χ1v) is 11.9. The Morgan fingerprint density at radius 2 is 1.74 bits per heavy atom. The third-order valence-electron chi connectivity index (χ3n) is 5.59. The number of nitrogens with one attached hydrogen (secondary N) is 1. The number of furan rings is 1. The number of fused-ring (bicyclic) bond motifs is 1. The molecule has 2 aromatic carbocycles. The number of hydrogen-bond donors (Lipinski definition) is 1. The van der Waals surface area contributed by atoms with Gasteiger partial charge in [-0.1, -0.05) is 36.4 Å². The molecule has 0 spiro atoms. The molecule has 0 saturated heterocycles. The van der Waals surface area contributed by atoms with E-state index in [1.807, 2.05) is 18.2 Å². The molecule has 0 aliphatic carbocycles. The molecule has 0 bridgehead atoms. The predicted octanol–water partition coefficient (Wildman–Crippen LogP) is 7.28. The summed E-state index contributed by atoms with van der Waals surface area (Å²) in [5.74, 6) is 2.07. The second-order valence-electron chi connectivity index (χ2n) is 7.99. The van der Waals surface area contributed by atoms with Crippen molar-refractivity contribution in [2.45, 2.75) is 19.8 Å². The molecule has 0 aliphatic rings. The summed E-state index contributed by atoms with van der Waals surface area (Å²) < 4.78 is 22.4. The largest absolute Gasteiger partial charge is 0.472 e. The maximum atomic E-state index is 12.3. The standard InChI is InChI=1S/C27H24FN3O2S/c1-18-15-24-26(30-25(31-27(24)34-18)22-12-14-32-16-22)29-13-2-3-19-4-6-20(7-5-19)21-8-10-23(11-9-21)33-17-28/h4-12,14-16H,2-3,13,17H2,1H3,(H,29,30,31). The molecular weight excluding hydrogens is 449 g/mol.